The first kappa shape index (κ1) is 20.9. The molecule has 0 bridgehead atoms. The van der Waals surface area contributed by atoms with Gasteiger partial charge in [-0.2, -0.15) is 5.10 Å². The summed E-state index contributed by atoms with van der Waals surface area (Å²) in [6.07, 6.45) is 9.33. The summed E-state index contributed by atoms with van der Waals surface area (Å²) in [7, 11) is 0. The predicted molar refractivity (Wildman–Crippen MR) is 117 cm³/mol. The molecule has 2 aliphatic rings. The quantitative estimate of drug-likeness (QED) is 0.542. The van der Waals surface area contributed by atoms with Gasteiger partial charge >= 0.3 is 0 Å². The Morgan fingerprint density at radius 1 is 0.967 bits per heavy atom. The minimum atomic E-state index is -0.170. The Hall–Kier alpha value is -2.34. The first-order valence-corrected chi connectivity index (χ1v) is 11.4. The molecule has 0 aliphatic heterocycles. The highest BCUT2D eigenvalue weighted by atomic mass is 35.5. The van der Waals surface area contributed by atoms with Gasteiger partial charge in [-0.05, 0) is 62.8 Å². The summed E-state index contributed by atoms with van der Waals surface area (Å²) in [6, 6.07) is 7.55. The highest BCUT2D eigenvalue weighted by molar-refractivity contribution is 6.30. The highest BCUT2D eigenvalue weighted by Gasteiger charge is 2.25. The van der Waals surface area contributed by atoms with Crippen LogP contribution in [-0.4, -0.2) is 34.7 Å². The molecule has 0 unspecified atom stereocenters. The lowest BCUT2D eigenvalue weighted by molar-refractivity contribution is -0.124. The molecule has 1 fully saturated rings. The molecule has 1 aromatic carbocycles. The molecule has 0 radical (unpaired) electrons. The third-order valence-electron chi connectivity index (χ3n) is 6.15. The van der Waals surface area contributed by atoms with Crippen molar-refractivity contribution in [3.8, 4) is 5.69 Å². The molecule has 30 heavy (non-hydrogen) atoms. The van der Waals surface area contributed by atoms with Crippen molar-refractivity contribution >= 4 is 23.4 Å². The normalized spacial score (nSPS) is 16.7. The molecule has 0 atom stereocenters. The van der Waals surface area contributed by atoms with Gasteiger partial charge in [0.05, 0.1) is 5.69 Å². The molecule has 2 aliphatic carbocycles. The minimum Gasteiger partial charge on any atom is -0.354 e. The van der Waals surface area contributed by atoms with Crippen molar-refractivity contribution in [1.82, 2.24) is 20.4 Å². The number of carbonyl (C=O) groups excluding carboxylic acids is 2. The summed E-state index contributed by atoms with van der Waals surface area (Å²) in [4.78, 5) is 25.0. The van der Waals surface area contributed by atoms with Crippen LogP contribution in [0.2, 0.25) is 5.02 Å². The molecular weight excluding hydrogens is 400 g/mol. The van der Waals surface area contributed by atoms with E-state index in [0.717, 1.165) is 74.7 Å². The van der Waals surface area contributed by atoms with E-state index in [1.54, 1.807) is 0 Å². The molecule has 2 amide bonds. The Balaban J connectivity index is 1.44. The van der Waals surface area contributed by atoms with E-state index in [1.165, 1.54) is 0 Å². The van der Waals surface area contributed by atoms with E-state index in [2.05, 4.69) is 15.7 Å². The fourth-order valence-electron chi connectivity index (χ4n) is 4.53. The number of nitrogens with zero attached hydrogens (tertiary/aromatic N) is 2. The number of rotatable bonds is 6. The van der Waals surface area contributed by atoms with Crippen LogP contribution in [0.3, 0.4) is 0 Å². The van der Waals surface area contributed by atoms with Crippen LogP contribution in [0.4, 0.5) is 0 Å². The molecule has 0 saturated heterocycles. The van der Waals surface area contributed by atoms with Crippen molar-refractivity contribution < 1.29 is 9.59 Å². The zero-order valence-electron chi connectivity index (χ0n) is 17.3. The van der Waals surface area contributed by atoms with Crippen LogP contribution in [0.15, 0.2) is 24.3 Å². The van der Waals surface area contributed by atoms with Gasteiger partial charge in [0.2, 0.25) is 5.91 Å². The number of carbonyl (C=O) groups is 2. The molecule has 7 heteroatoms. The van der Waals surface area contributed by atoms with Crippen LogP contribution in [0.5, 0.6) is 0 Å². The van der Waals surface area contributed by atoms with E-state index in [0.29, 0.717) is 23.8 Å². The van der Waals surface area contributed by atoms with Gasteiger partial charge in [0.25, 0.3) is 5.91 Å². The van der Waals surface area contributed by atoms with Gasteiger partial charge in [0, 0.05) is 35.3 Å². The van der Waals surface area contributed by atoms with Crippen molar-refractivity contribution in [3.05, 3.63) is 46.2 Å². The standard InChI is InChI=1S/C23H29ClN4O2/c24-17-10-12-18(13-11-17)28-20-9-3-1-2-8-19(20)21(27-28)23(30)26-15-14-25-22(29)16-6-4-5-7-16/h10-13,16H,1-9,14-15H2,(H,25,29)(H,26,30). The Kier molecular flexibility index (Phi) is 6.72. The number of benzene rings is 1. The summed E-state index contributed by atoms with van der Waals surface area (Å²) in [5.74, 6) is 0.0881. The molecule has 0 spiro atoms. The van der Waals surface area contributed by atoms with E-state index in [9.17, 15) is 9.59 Å². The van der Waals surface area contributed by atoms with Gasteiger partial charge in [0.15, 0.2) is 5.69 Å². The van der Waals surface area contributed by atoms with Crippen LogP contribution in [0.1, 0.15) is 66.7 Å². The third kappa shape index (κ3) is 4.69. The molecule has 1 saturated carbocycles. The minimum absolute atomic E-state index is 0.114. The van der Waals surface area contributed by atoms with Crippen molar-refractivity contribution in [1.29, 1.82) is 0 Å². The lowest BCUT2D eigenvalue weighted by Gasteiger charge is -2.10. The monoisotopic (exact) mass is 428 g/mol. The Morgan fingerprint density at radius 3 is 2.43 bits per heavy atom. The maximum absolute atomic E-state index is 12.9. The fourth-order valence-corrected chi connectivity index (χ4v) is 4.66. The van der Waals surface area contributed by atoms with Gasteiger partial charge in [-0.1, -0.05) is 30.9 Å². The molecule has 1 heterocycles. The molecule has 2 N–H and O–H groups in total. The SMILES string of the molecule is O=C(NCCNC(=O)C1CCCC1)c1nn(-c2ccc(Cl)cc2)c2c1CCCCC2. The van der Waals surface area contributed by atoms with Gasteiger partial charge in [-0.15, -0.1) is 0 Å². The maximum Gasteiger partial charge on any atom is 0.272 e. The highest BCUT2D eigenvalue weighted by Crippen LogP contribution is 2.27. The average molecular weight is 429 g/mol. The van der Waals surface area contributed by atoms with E-state index >= 15 is 0 Å². The maximum atomic E-state index is 12.9. The first-order valence-electron chi connectivity index (χ1n) is 11.1. The van der Waals surface area contributed by atoms with Crippen LogP contribution in [0.25, 0.3) is 5.69 Å². The van der Waals surface area contributed by atoms with Crippen LogP contribution in [-0.2, 0) is 17.6 Å². The van der Waals surface area contributed by atoms with Gasteiger partial charge in [-0.3, -0.25) is 9.59 Å². The number of halogens is 1. The van der Waals surface area contributed by atoms with Crippen molar-refractivity contribution in [3.63, 3.8) is 0 Å². The fraction of sp³-hybridized carbons (Fsp3) is 0.522. The summed E-state index contributed by atoms with van der Waals surface area (Å²) < 4.78 is 1.90. The third-order valence-corrected chi connectivity index (χ3v) is 6.40. The number of amides is 2. The molecule has 4 rings (SSSR count). The van der Waals surface area contributed by atoms with Gasteiger partial charge in [-0.25, -0.2) is 4.68 Å². The van der Waals surface area contributed by atoms with E-state index < -0.39 is 0 Å². The van der Waals surface area contributed by atoms with Crippen LogP contribution in [0, 0.1) is 5.92 Å². The Morgan fingerprint density at radius 2 is 1.67 bits per heavy atom. The second-order valence-electron chi connectivity index (χ2n) is 8.25. The Labute approximate surface area is 182 Å². The zero-order chi connectivity index (χ0) is 20.9. The lowest BCUT2D eigenvalue weighted by atomic mass is 10.1. The Bertz CT molecular complexity index is 901. The summed E-state index contributed by atoms with van der Waals surface area (Å²) in [5.41, 5.74) is 3.59. The van der Waals surface area contributed by atoms with Gasteiger partial charge in [0.1, 0.15) is 0 Å². The summed E-state index contributed by atoms with van der Waals surface area (Å²) in [5, 5.41) is 11.2. The number of hydrogen-bond donors (Lipinski definition) is 2. The number of nitrogens with one attached hydrogen (secondary N) is 2. The number of hydrogen-bond acceptors (Lipinski definition) is 3. The van der Waals surface area contributed by atoms with E-state index in [-0.39, 0.29) is 17.7 Å². The van der Waals surface area contributed by atoms with Crippen LogP contribution >= 0.6 is 11.6 Å². The number of aromatic nitrogens is 2. The van der Waals surface area contributed by atoms with Crippen molar-refractivity contribution in [2.24, 2.45) is 5.92 Å². The summed E-state index contributed by atoms with van der Waals surface area (Å²) in [6.45, 7) is 0.848. The molecular formula is C23H29ClN4O2. The first-order chi connectivity index (χ1) is 14.6. The molecule has 2 aromatic rings. The molecule has 6 nitrogen and oxygen atoms in total. The largest absolute Gasteiger partial charge is 0.354 e. The van der Waals surface area contributed by atoms with E-state index in [1.807, 2.05) is 28.9 Å². The lowest BCUT2D eigenvalue weighted by Crippen LogP contribution is -2.37. The smallest absolute Gasteiger partial charge is 0.272 e. The zero-order valence-corrected chi connectivity index (χ0v) is 18.0. The second-order valence-corrected chi connectivity index (χ2v) is 8.69. The number of fused-ring (bicyclic) bond motifs is 1. The summed E-state index contributed by atoms with van der Waals surface area (Å²) >= 11 is 6.04. The van der Waals surface area contributed by atoms with Crippen LogP contribution < -0.4 is 10.6 Å². The van der Waals surface area contributed by atoms with Gasteiger partial charge < -0.3 is 10.6 Å². The topological polar surface area (TPSA) is 76.0 Å². The molecule has 1 aromatic heterocycles. The van der Waals surface area contributed by atoms with Crippen molar-refractivity contribution in [2.75, 3.05) is 13.1 Å². The van der Waals surface area contributed by atoms with Crippen molar-refractivity contribution in [2.45, 2.75) is 57.8 Å². The molecule has 160 valence electrons. The average Bonchev–Trinajstić information content (AvgIpc) is 3.34. The predicted octanol–water partition coefficient (Wildman–Crippen LogP) is 3.83. The second kappa shape index (κ2) is 9.65. The van der Waals surface area contributed by atoms with E-state index in [4.69, 9.17) is 11.6 Å².